The second-order valence-corrected chi connectivity index (χ2v) is 3.32. The molecule has 0 aliphatic heterocycles. The molecule has 0 saturated heterocycles. The number of hydrogen-bond acceptors (Lipinski definition) is 5. The fourth-order valence-electron chi connectivity index (χ4n) is 1.000. The van der Waals surface area contributed by atoms with Crippen LogP contribution in [0, 0.1) is 10.1 Å². The van der Waals surface area contributed by atoms with Crippen LogP contribution in [0.25, 0.3) is 0 Å². The van der Waals surface area contributed by atoms with E-state index in [2.05, 4.69) is 0 Å². The molecule has 0 saturated carbocycles. The van der Waals surface area contributed by atoms with Gasteiger partial charge in [-0.2, -0.15) is 0 Å². The number of halogens is 1. The average Bonchev–Trinajstić information content (AvgIpc) is 2.26. The van der Waals surface area contributed by atoms with Crippen LogP contribution < -0.4 is 5.73 Å². The lowest BCUT2D eigenvalue weighted by Crippen LogP contribution is -2.28. The lowest BCUT2D eigenvalue weighted by molar-refractivity contribution is -0.384. The van der Waals surface area contributed by atoms with Crippen LogP contribution in [-0.2, 0) is 16.1 Å². The topological polar surface area (TPSA) is 95.5 Å². The zero-order valence-electron chi connectivity index (χ0n) is 9.16. The zero-order chi connectivity index (χ0) is 12.1. The van der Waals surface area contributed by atoms with Gasteiger partial charge in [0.1, 0.15) is 12.6 Å². The number of rotatable bonds is 4. The van der Waals surface area contributed by atoms with Crippen molar-refractivity contribution in [3.05, 3.63) is 39.9 Å². The molecule has 0 bridgehead atoms. The Hall–Kier alpha value is -1.47. The van der Waals surface area contributed by atoms with Gasteiger partial charge < -0.3 is 10.5 Å². The Morgan fingerprint density at radius 3 is 2.41 bits per heavy atom. The molecule has 0 spiro atoms. The number of ether oxygens (including phenoxy) is 1. The van der Waals surface area contributed by atoms with E-state index in [1.54, 1.807) is 0 Å². The number of nitro benzene ring substituents is 1. The van der Waals surface area contributed by atoms with Crippen LogP contribution >= 0.6 is 17.0 Å². The number of non-ortho nitro benzene ring substituents is 1. The third-order valence-electron chi connectivity index (χ3n) is 1.90. The van der Waals surface area contributed by atoms with E-state index in [-0.39, 0.29) is 29.3 Å². The SMILES string of the molecule is Br.C[C@H](N)C(=O)OCc1ccc([N+](=O)[O-])cc1. The summed E-state index contributed by atoms with van der Waals surface area (Å²) in [6.45, 7) is 1.59. The number of benzene rings is 1. The normalized spacial score (nSPS) is 11.2. The number of carbonyl (C=O) groups is 1. The molecule has 0 radical (unpaired) electrons. The van der Waals surface area contributed by atoms with Crippen LogP contribution in [-0.4, -0.2) is 16.9 Å². The third kappa shape index (κ3) is 4.92. The van der Waals surface area contributed by atoms with Crippen molar-refractivity contribution in [2.24, 2.45) is 5.73 Å². The van der Waals surface area contributed by atoms with Crippen LogP contribution in [0.3, 0.4) is 0 Å². The highest BCUT2D eigenvalue weighted by Crippen LogP contribution is 2.12. The summed E-state index contributed by atoms with van der Waals surface area (Å²) in [6.07, 6.45) is 0. The monoisotopic (exact) mass is 304 g/mol. The van der Waals surface area contributed by atoms with Gasteiger partial charge in [-0.05, 0) is 24.6 Å². The molecule has 94 valence electrons. The first-order valence-corrected chi connectivity index (χ1v) is 4.66. The van der Waals surface area contributed by atoms with E-state index in [0.717, 1.165) is 0 Å². The molecular weight excluding hydrogens is 292 g/mol. The average molecular weight is 305 g/mol. The van der Waals surface area contributed by atoms with Gasteiger partial charge in [-0.1, -0.05) is 0 Å². The highest BCUT2D eigenvalue weighted by atomic mass is 79.9. The molecule has 0 fully saturated rings. The maximum absolute atomic E-state index is 11.0. The summed E-state index contributed by atoms with van der Waals surface area (Å²) in [5.74, 6) is -0.502. The molecule has 2 N–H and O–H groups in total. The second-order valence-electron chi connectivity index (χ2n) is 3.32. The predicted octanol–water partition coefficient (Wildman–Crippen LogP) is 1.56. The first-order chi connectivity index (χ1) is 7.50. The highest BCUT2D eigenvalue weighted by Gasteiger charge is 2.09. The molecule has 0 aliphatic carbocycles. The van der Waals surface area contributed by atoms with Crippen LogP contribution in [0.1, 0.15) is 12.5 Å². The predicted molar refractivity (Wildman–Crippen MR) is 66.9 cm³/mol. The first-order valence-electron chi connectivity index (χ1n) is 4.66. The van der Waals surface area contributed by atoms with Gasteiger partial charge in [0, 0.05) is 12.1 Å². The minimum Gasteiger partial charge on any atom is -0.460 e. The minimum absolute atomic E-state index is 0. The van der Waals surface area contributed by atoms with E-state index < -0.39 is 16.9 Å². The number of nitrogens with two attached hydrogens (primary N) is 1. The smallest absolute Gasteiger partial charge is 0.322 e. The van der Waals surface area contributed by atoms with Crippen LogP contribution in [0.5, 0.6) is 0 Å². The molecule has 6 nitrogen and oxygen atoms in total. The number of esters is 1. The zero-order valence-corrected chi connectivity index (χ0v) is 10.9. The summed E-state index contributed by atoms with van der Waals surface area (Å²) >= 11 is 0. The first kappa shape index (κ1) is 15.5. The van der Waals surface area contributed by atoms with Gasteiger partial charge in [0.2, 0.25) is 0 Å². The second kappa shape index (κ2) is 6.97. The van der Waals surface area contributed by atoms with Crippen molar-refractivity contribution in [3.63, 3.8) is 0 Å². The molecule has 17 heavy (non-hydrogen) atoms. The quantitative estimate of drug-likeness (QED) is 0.517. The summed E-state index contributed by atoms with van der Waals surface area (Å²) in [5.41, 5.74) is 5.98. The van der Waals surface area contributed by atoms with Gasteiger partial charge in [-0.15, -0.1) is 17.0 Å². The van der Waals surface area contributed by atoms with Crippen molar-refractivity contribution in [3.8, 4) is 0 Å². The molecule has 1 atom stereocenters. The molecule has 1 aromatic carbocycles. The molecule has 1 rings (SSSR count). The third-order valence-corrected chi connectivity index (χ3v) is 1.90. The number of carbonyl (C=O) groups excluding carboxylic acids is 1. The largest absolute Gasteiger partial charge is 0.460 e. The van der Waals surface area contributed by atoms with Crippen LogP contribution in [0.4, 0.5) is 5.69 Å². The molecule has 1 aromatic rings. The molecule has 0 aliphatic rings. The Bertz CT molecular complexity index is 392. The fourth-order valence-corrected chi connectivity index (χ4v) is 1.000. The van der Waals surface area contributed by atoms with Crippen molar-refractivity contribution < 1.29 is 14.5 Å². The Kier molecular flexibility index (Phi) is 6.37. The van der Waals surface area contributed by atoms with Gasteiger partial charge in [0.05, 0.1) is 4.92 Å². The van der Waals surface area contributed by atoms with E-state index in [4.69, 9.17) is 10.5 Å². The van der Waals surface area contributed by atoms with E-state index in [1.807, 2.05) is 0 Å². The van der Waals surface area contributed by atoms with Crippen LogP contribution in [0.15, 0.2) is 24.3 Å². The maximum Gasteiger partial charge on any atom is 0.322 e. The summed E-state index contributed by atoms with van der Waals surface area (Å²) in [6, 6.07) is 5.11. The molecule has 0 amide bonds. The van der Waals surface area contributed by atoms with E-state index in [1.165, 1.54) is 31.2 Å². The summed E-state index contributed by atoms with van der Waals surface area (Å²) in [4.78, 5) is 20.9. The minimum atomic E-state index is -0.668. The molecule has 0 aromatic heterocycles. The maximum atomic E-state index is 11.0. The Morgan fingerprint density at radius 1 is 1.47 bits per heavy atom. The standard InChI is InChI=1S/C10H12N2O4.BrH/c1-7(11)10(13)16-6-8-2-4-9(5-3-8)12(14)15;/h2-5,7H,6,11H2,1H3;1H/t7-;/m0./s1. The summed E-state index contributed by atoms with van der Waals surface area (Å²) < 4.78 is 4.86. The lowest BCUT2D eigenvalue weighted by Gasteiger charge is -2.06. The van der Waals surface area contributed by atoms with Gasteiger partial charge in [-0.3, -0.25) is 14.9 Å². The Balaban J connectivity index is 0.00000256. The van der Waals surface area contributed by atoms with Crippen molar-refractivity contribution in [2.45, 2.75) is 19.6 Å². The van der Waals surface area contributed by atoms with E-state index >= 15 is 0 Å². The van der Waals surface area contributed by atoms with Gasteiger partial charge in [0.15, 0.2) is 0 Å². The van der Waals surface area contributed by atoms with E-state index in [9.17, 15) is 14.9 Å². The van der Waals surface area contributed by atoms with Gasteiger partial charge >= 0.3 is 5.97 Å². The molecule has 0 heterocycles. The Morgan fingerprint density at radius 2 is 2.00 bits per heavy atom. The van der Waals surface area contributed by atoms with Crippen molar-refractivity contribution in [1.29, 1.82) is 0 Å². The van der Waals surface area contributed by atoms with Crippen molar-refractivity contribution in [1.82, 2.24) is 0 Å². The number of nitro groups is 1. The van der Waals surface area contributed by atoms with Gasteiger partial charge in [-0.25, -0.2) is 0 Å². The van der Waals surface area contributed by atoms with Crippen molar-refractivity contribution in [2.75, 3.05) is 0 Å². The molecule has 7 heteroatoms. The lowest BCUT2D eigenvalue weighted by atomic mass is 10.2. The van der Waals surface area contributed by atoms with Crippen LogP contribution in [0.2, 0.25) is 0 Å². The van der Waals surface area contributed by atoms with Gasteiger partial charge in [0.25, 0.3) is 5.69 Å². The summed E-state index contributed by atoms with van der Waals surface area (Å²) in [7, 11) is 0. The van der Waals surface area contributed by atoms with Crippen molar-refractivity contribution >= 4 is 28.6 Å². The number of nitrogens with zero attached hydrogens (tertiary/aromatic N) is 1. The number of hydrogen-bond donors (Lipinski definition) is 1. The van der Waals surface area contributed by atoms with E-state index in [0.29, 0.717) is 5.56 Å². The Labute approximate surface area is 109 Å². The molecular formula is C10H13BrN2O4. The molecule has 0 unspecified atom stereocenters. The highest BCUT2D eigenvalue weighted by molar-refractivity contribution is 8.93. The fraction of sp³-hybridized carbons (Fsp3) is 0.300. The summed E-state index contributed by atoms with van der Waals surface area (Å²) in [5, 5.41) is 10.4.